The van der Waals surface area contributed by atoms with Gasteiger partial charge in [-0.1, -0.05) is 91.0 Å². The van der Waals surface area contributed by atoms with Crippen molar-refractivity contribution < 1.29 is 38.8 Å². The molecule has 3 aromatic rings. The van der Waals surface area contributed by atoms with E-state index in [1.165, 1.54) is 20.8 Å². The topological polar surface area (TPSA) is 119 Å². The number of hydrogen-bond acceptors (Lipinski definition) is 8. The van der Waals surface area contributed by atoms with E-state index in [0.29, 0.717) is 5.56 Å². The van der Waals surface area contributed by atoms with Crippen LogP contribution in [0.5, 0.6) is 0 Å². The molecule has 0 saturated heterocycles. The second kappa shape index (κ2) is 14.9. The third-order valence-corrected chi connectivity index (χ3v) is 7.06. The number of aliphatic hydroxyl groups excluding tert-OH is 1. The maximum atomic E-state index is 13.7. The van der Waals surface area contributed by atoms with Gasteiger partial charge < -0.3 is 24.4 Å². The Bertz CT molecular complexity index is 1250. The molecule has 0 aliphatic rings. The van der Waals surface area contributed by atoms with E-state index >= 15 is 0 Å². The van der Waals surface area contributed by atoms with Gasteiger partial charge in [0.05, 0.1) is 31.8 Å². The first kappa shape index (κ1) is 32.0. The highest BCUT2D eigenvalue weighted by Gasteiger charge is 2.56. The molecular formula is C33H38O8. The number of aliphatic hydroxyl groups is 2. The van der Waals surface area contributed by atoms with Crippen molar-refractivity contribution in [3.8, 4) is 0 Å². The Morgan fingerprint density at radius 2 is 1.22 bits per heavy atom. The summed E-state index contributed by atoms with van der Waals surface area (Å²) in [6.07, 6.45) is -4.46. The summed E-state index contributed by atoms with van der Waals surface area (Å²) in [6.45, 7) is 3.67. The van der Waals surface area contributed by atoms with Crippen molar-refractivity contribution in [1.29, 1.82) is 0 Å². The summed E-state index contributed by atoms with van der Waals surface area (Å²) in [5.41, 5.74) is -2.22. The predicted octanol–water partition coefficient (Wildman–Crippen LogP) is 3.85. The summed E-state index contributed by atoms with van der Waals surface area (Å²) in [5.74, 6) is -1.60. The molecule has 0 amide bonds. The molecule has 8 nitrogen and oxygen atoms in total. The van der Waals surface area contributed by atoms with Crippen molar-refractivity contribution >= 4 is 17.9 Å². The van der Waals surface area contributed by atoms with Crippen LogP contribution in [0.3, 0.4) is 0 Å². The number of carbonyl (C=O) groups is 3. The quantitative estimate of drug-likeness (QED) is 0.188. The van der Waals surface area contributed by atoms with Gasteiger partial charge in [0, 0.05) is 0 Å². The lowest BCUT2D eigenvalue weighted by Gasteiger charge is -2.40. The summed E-state index contributed by atoms with van der Waals surface area (Å²) in [6, 6.07) is 27.4. The summed E-state index contributed by atoms with van der Waals surface area (Å²) in [7, 11) is 0. The average Bonchev–Trinajstić information content (AvgIpc) is 2.99. The van der Waals surface area contributed by atoms with E-state index in [-0.39, 0.29) is 32.7 Å². The molecule has 0 heterocycles. The zero-order chi connectivity index (χ0) is 29.9. The standard InChI is InChI=1S/C33H38O8/c1-24(35)32(2,3)31(37)33(38,23-34)30(41-21-27-17-11-6-12-18-27)29(40-20-26-15-9-5-10-16-26)28(36)22-39-19-25-13-7-4-8-14-25/h4-18,23,28-30,36,38H,19-22H2,1-3H3/t28-,29-,30+,33+/m1/s1. The molecule has 41 heavy (non-hydrogen) atoms. The van der Waals surface area contributed by atoms with E-state index in [4.69, 9.17) is 14.2 Å². The second-order valence-corrected chi connectivity index (χ2v) is 10.5. The molecule has 0 spiro atoms. The molecule has 0 aliphatic carbocycles. The first-order chi connectivity index (χ1) is 19.6. The van der Waals surface area contributed by atoms with E-state index < -0.39 is 40.9 Å². The number of hydrogen-bond donors (Lipinski definition) is 2. The van der Waals surface area contributed by atoms with Crippen LogP contribution in [0.25, 0.3) is 0 Å². The molecule has 0 saturated carbocycles. The normalized spacial score (nSPS) is 15.3. The van der Waals surface area contributed by atoms with E-state index in [0.717, 1.165) is 11.1 Å². The van der Waals surface area contributed by atoms with Crippen molar-refractivity contribution in [2.24, 2.45) is 5.41 Å². The molecule has 2 N–H and O–H groups in total. The molecule has 218 valence electrons. The fraction of sp³-hybridized carbons (Fsp3) is 0.364. The van der Waals surface area contributed by atoms with Gasteiger partial charge in [-0.3, -0.25) is 14.4 Å². The van der Waals surface area contributed by atoms with Crippen molar-refractivity contribution in [2.45, 2.75) is 64.5 Å². The lowest BCUT2D eigenvalue weighted by atomic mass is 9.73. The van der Waals surface area contributed by atoms with Gasteiger partial charge >= 0.3 is 0 Å². The highest BCUT2D eigenvalue weighted by molar-refractivity contribution is 6.15. The third-order valence-electron chi connectivity index (χ3n) is 7.06. The molecule has 0 bridgehead atoms. The van der Waals surface area contributed by atoms with Gasteiger partial charge in [0.1, 0.15) is 24.1 Å². The third kappa shape index (κ3) is 8.48. The SMILES string of the molecule is CC(=O)C(C)(C)C(=O)[C@](O)(C=O)[C@@H](OCc1ccccc1)[C@H](OCc1ccccc1)[C@H](O)COCc1ccccc1. The zero-order valence-corrected chi connectivity index (χ0v) is 23.6. The second-order valence-electron chi connectivity index (χ2n) is 10.5. The zero-order valence-electron chi connectivity index (χ0n) is 23.6. The number of Topliss-reactive ketones (excluding diaryl/α,β-unsaturated/α-hetero) is 2. The molecule has 3 rings (SSSR count). The summed E-state index contributed by atoms with van der Waals surface area (Å²) in [5, 5.41) is 23.1. The van der Waals surface area contributed by atoms with E-state index in [1.807, 2.05) is 66.7 Å². The summed E-state index contributed by atoms with van der Waals surface area (Å²) < 4.78 is 17.9. The lowest BCUT2D eigenvalue weighted by molar-refractivity contribution is -0.206. The van der Waals surface area contributed by atoms with E-state index in [1.54, 1.807) is 24.3 Å². The largest absolute Gasteiger partial charge is 0.388 e. The Kier molecular flexibility index (Phi) is 11.6. The van der Waals surface area contributed by atoms with E-state index in [2.05, 4.69) is 0 Å². The minimum atomic E-state index is -2.83. The van der Waals surface area contributed by atoms with Crippen LogP contribution >= 0.6 is 0 Å². The van der Waals surface area contributed by atoms with Gasteiger partial charge in [-0.2, -0.15) is 0 Å². The van der Waals surface area contributed by atoms with Gasteiger partial charge in [-0.05, 0) is 37.5 Å². The molecule has 0 radical (unpaired) electrons. The number of ketones is 2. The van der Waals surface area contributed by atoms with Crippen LogP contribution in [0.4, 0.5) is 0 Å². The minimum Gasteiger partial charge on any atom is -0.388 e. The molecular weight excluding hydrogens is 524 g/mol. The molecule has 4 atom stereocenters. The fourth-order valence-electron chi connectivity index (χ4n) is 4.28. The number of ether oxygens (including phenoxy) is 3. The number of rotatable bonds is 17. The molecule has 0 aliphatic heterocycles. The average molecular weight is 563 g/mol. The first-order valence-corrected chi connectivity index (χ1v) is 13.4. The van der Waals surface area contributed by atoms with Gasteiger partial charge in [0.15, 0.2) is 12.1 Å². The Morgan fingerprint density at radius 3 is 1.66 bits per heavy atom. The first-order valence-electron chi connectivity index (χ1n) is 13.4. The van der Waals surface area contributed by atoms with Crippen molar-refractivity contribution in [1.82, 2.24) is 0 Å². The van der Waals surface area contributed by atoms with Crippen molar-refractivity contribution in [3.63, 3.8) is 0 Å². The maximum absolute atomic E-state index is 13.7. The molecule has 8 heteroatoms. The Morgan fingerprint density at radius 1 is 0.780 bits per heavy atom. The highest BCUT2D eigenvalue weighted by Crippen LogP contribution is 2.32. The van der Waals surface area contributed by atoms with Crippen LogP contribution in [0.2, 0.25) is 0 Å². The highest BCUT2D eigenvalue weighted by atomic mass is 16.6. The van der Waals surface area contributed by atoms with Crippen LogP contribution in [0, 0.1) is 5.41 Å². The Balaban J connectivity index is 1.97. The summed E-state index contributed by atoms with van der Waals surface area (Å²) in [4.78, 5) is 38.6. The van der Waals surface area contributed by atoms with Gasteiger partial charge in [0.25, 0.3) is 0 Å². The van der Waals surface area contributed by atoms with Crippen LogP contribution in [-0.2, 0) is 48.4 Å². The number of benzene rings is 3. The van der Waals surface area contributed by atoms with Gasteiger partial charge in [-0.15, -0.1) is 0 Å². The number of aldehydes is 1. The van der Waals surface area contributed by atoms with Crippen molar-refractivity contribution in [2.75, 3.05) is 6.61 Å². The molecule has 0 aromatic heterocycles. The number of carbonyl (C=O) groups excluding carboxylic acids is 3. The van der Waals surface area contributed by atoms with Crippen LogP contribution in [0.1, 0.15) is 37.5 Å². The Hall–Kier alpha value is -3.53. The Labute approximate surface area is 240 Å². The lowest BCUT2D eigenvalue weighted by Crippen LogP contribution is -2.64. The molecule has 0 fully saturated rings. The van der Waals surface area contributed by atoms with Crippen LogP contribution < -0.4 is 0 Å². The predicted molar refractivity (Wildman–Crippen MR) is 153 cm³/mol. The summed E-state index contributed by atoms with van der Waals surface area (Å²) >= 11 is 0. The van der Waals surface area contributed by atoms with Gasteiger partial charge in [0.2, 0.25) is 5.60 Å². The smallest absolute Gasteiger partial charge is 0.208 e. The van der Waals surface area contributed by atoms with Gasteiger partial charge in [-0.25, -0.2) is 0 Å². The fourth-order valence-corrected chi connectivity index (χ4v) is 4.28. The molecule has 3 aromatic carbocycles. The molecule has 0 unspecified atom stereocenters. The van der Waals surface area contributed by atoms with Crippen molar-refractivity contribution in [3.05, 3.63) is 108 Å². The maximum Gasteiger partial charge on any atom is 0.208 e. The minimum absolute atomic E-state index is 0.0221. The van der Waals surface area contributed by atoms with Crippen LogP contribution in [-0.4, -0.2) is 58.6 Å². The van der Waals surface area contributed by atoms with E-state index in [9.17, 15) is 24.6 Å². The van der Waals surface area contributed by atoms with Crippen LogP contribution in [0.15, 0.2) is 91.0 Å². The monoisotopic (exact) mass is 562 g/mol.